The highest BCUT2D eigenvalue weighted by Gasteiger charge is 2.45. The molecule has 1 aliphatic rings. The van der Waals surface area contributed by atoms with E-state index in [-0.39, 0.29) is 6.04 Å². The van der Waals surface area contributed by atoms with Gasteiger partial charge in [0.05, 0.1) is 0 Å². The Morgan fingerprint density at radius 1 is 1.33 bits per heavy atom. The molecule has 1 aromatic carbocycles. The number of nitrogens with two attached hydrogens (primary N) is 1. The van der Waals surface area contributed by atoms with E-state index in [1.54, 1.807) is 11.3 Å². The van der Waals surface area contributed by atoms with E-state index in [9.17, 15) is 4.39 Å². The van der Waals surface area contributed by atoms with Crippen LogP contribution >= 0.6 is 11.3 Å². The standard InChI is InChI=1S/C12H12FNS/c13-12(6-9(14)7-12)10-3-1-2-8-4-5-15-11(8)10/h1-5,9H,6-7,14H2. The van der Waals surface area contributed by atoms with Crippen LogP contribution in [0.1, 0.15) is 18.4 Å². The first-order chi connectivity index (χ1) is 7.19. The van der Waals surface area contributed by atoms with E-state index in [2.05, 4.69) is 0 Å². The zero-order valence-electron chi connectivity index (χ0n) is 8.24. The van der Waals surface area contributed by atoms with Crippen molar-refractivity contribution in [1.29, 1.82) is 0 Å². The molecule has 2 aromatic rings. The molecule has 1 aliphatic carbocycles. The molecule has 3 rings (SSSR count). The first-order valence-corrected chi connectivity index (χ1v) is 5.98. The zero-order chi connectivity index (χ0) is 10.5. The smallest absolute Gasteiger partial charge is 0.140 e. The fourth-order valence-corrected chi connectivity index (χ4v) is 3.34. The largest absolute Gasteiger partial charge is 0.327 e. The Bertz CT molecular complexity index is 499. The molecule has 0 atom stereocenters. The van der Waals surface area contributed by atoms with Gasteiger partial charge in [-0.05, 0) is 16.8 Å². The number of alkyl halides is 1. The van der Waals surface area contributed by atoms with Crippen LogP contribution in [0.15, 0.2) is 29.6 Å². The van der Waals surface area contributed by atoms with Gasteiger partial charge in [0.2, 0.25) is 0 Å². The Morgan fingerprint density at radius 3 is 2.87 bits per heavy atom. The third-order valence-electron chi connectivity index (χ3n) is 3.13. The molecule has 0 bridgehead atoms. The van der Waals surface area contributed by atoms with E-state index in [1.165, 1.54) is 0 Å². The number of hydrogen-bond donors (Lipinski definition) is 1. The van der Waals surface area contributed by atoms with E-state index in [0.717, 1.165) is 15.6 Å². The van der Waals surface area contributed by atoms with Gasteiger partial charge in [-0.2, -0.15) is 0 Å². The summed E-state index contributed by atoms with van der Waals surface area (Å²) < 4.78 is 15.5. The van der Waals surface area contributed by atoms with Crippen molar-refractivity contribution in [1.82, 2.24) is 0 Å². The molecular formula is C12H12FNS. The summed E-state index contributed by atoms with van der Waals surface area (Å²) in [6.07, 6.45) is 0.925. The second kappa shape index (κ2) is 3.03. The molecule has 0 radical (unpaired) electrons. The normalized spacial score (nSPS) is 30.4. The number of benzene rings is 1. The summed E-state index contributed by atoms with van der Waals surface area (Å²) in [6, 6.07) is 7.91. The van der Waals surface area contributed by atoms with Gasteiger partial charge >= 0.3 is 0 Å². The van der Waals surface area contributed by atoms with Gasteiger partial charge in [-0.25, -0.2) is 4.39 Å². The molecule has 78 valence electrons. The van der Waals surface area contributed by atoms with Crippen LogP contribution in [0.4, 0.5) is 4.39 Å². The number of halogens is 1. The molecule has 0 unspecified atom stereocenters. The predicted octanol–water partition coefficient (Wildman–Crippen LogP) is 3.19. The molecule has 1 fully saturated rings. The Morgan fingerprint density at radius 2 is 2.13 bits per heavy atom. The highest BCUT2D eigenvalue weighted by molar-refractivity contribution is 7.17. The molecule has 1 heterocycles. The van der Waals surface area contributed by atoms with E-state index in [0.29, 0.717) is 12.8 Å². The number of fused-ring (bicyclic) bond motifs is 1. The zero-order valence-corrected chi connectivity index (χ0v) is 9.06. The van der Waals surface area contributed by atoms with E-state index >= 15 is 0 Å². The molecule has 0 amide bonds. The first-order valence-electron chi connectivity index (χ1n) is 5.10. The lowest BCUT2D eigenvalue weighted by atomic mass is 9.73. The number of rotatable bonds is 1. The van der Waals surface area contributed by atoms with Crippen molar-refractivity contribution in [2.45, 2.75) is 24.6 Å². The summed E-state index contributed by atoms with van der Waals surface area (Å²) in [6.45, 7) is 0. The maximum Gasteiger partial charge on any atom is 0.140 e. The van der Waals surface area contributed by atoms with Gasteiger partial charge < -0.3 is 5.73 Å². The topological polar surface area (TPSA) is 26.0 Å². The van der Waals surface area contributed by atoms with Crippen molar-refractivity contribution in [3.05, 3.63) is 35.2 Å². The Kier molecular flexibility index (Phi) is 1.88. The van der Waals surface area contributed by atoms with Crippen molar-refractivity contribution < 1.29 is 4.39 Å². The van der Waals surface area contributed by atoms with Crippen LogP contribution in [-0.2, 0) is 5.67 Å². The summed E-state index contributed by atoms with van der Waals surface area (Å²) in [5.74, 6) is 0. The maximum absolute atomic E-state index is 14.4. The van der Waals surface area contributed by atoms with Gasteiger partial charge in [0, 0.05) is 29.1 Å². The SMILES string of the molecule is NC1CC(F)(c2cccc3ccsc23)C1. The number of thiophene rings is 1. The minimum Gasteiger partial charge on any atom is -0.327 e. The Balaban J connectivity index is 2.14. The average molecular weight is 221 g/mol. The second-order valence-corrected chi connectivity index (χ2v) is 5.19. The van der Waals surface area contributed by atoms with Gasteiger partial charge in [-0.1, -0.05) is 18.2 Å². The van der Waals surface area contributed by atoms with Crippen molar-refractivity contribution >= 4 is 21.4 Å². The maximum atomic E-state index is 14.4. The molecular weight excluding hydrogens is 209 g/mol. The fraction of sp³-hybridized carbons (Fsp3) is 0.333. The van der Waals surface area contributed by atoms with Crippen LogP contribution in [0, 0.1) is 0 Å². The van der Waals surface area contributed by atoms with Crippen molar-refractivity contribution in [3.63, 3.8) is 0 Å². The Labute approximate surface area is 91.7 Å². The number of hydrogen-bond acceptors (Lipinski definition) is 2. The molecule has 0 saturated heterocycles. The van der Waals surface area contributed by atoms with E-state index in [1.807, 2.05) is 29.6 Å². The van der Waals surface area contributed by atoms with Crippen LogP contribution in [0.5, 0.6) is 0 Å². The predicted molar refractivity (Wildman–Crippen MR) is 61.8 cm³/mol. The van der Waals surface area contributed by atoms with Crippen molar-refractivity contribution in [2.24, 2.45) is 5.73 Å². The highest BCUT2D eigenvalue weighted by Crippen LogP contribution is 2.47. The summed E-state index contributed by atoms with van der Waals surface area (Å²) in [5, 5.41) is 3.14. The van der Waals surface area contributed by atoms with Crippen molar-refractivity contribution in [3.8, 4) is 0 Å². The van der Waals surface area contributed by atoms with Gasteiger partial charge in [-0.3, -0.25) is 0 Å². The van der Waals surface area contributed by atoms with Crippen LogP contribution in [0.2, 0.25) is 0 Å². The third-order valence-corrected chi connectivity index (χ3v) is 4.10. The third kappa shape index (κ3) is 1.30. The monoisotopic (exact) mass is 221 g/mol. The van der Waals surface area contributed by atoms with Gasteiger partial charge in [0.15, 0.2) is 0 Å². The lowest BCUT2D eigenvalue weighted by Gasteiger charge is -2.39. The van der Waals surface area contributed by atoms with Gasteiger partial charge in [-0.15, -0.1) is 11.3 Å². The lowest BCUT2D eigenvalue weighted by Crippen LogP contribution is -2.46. The summed E-state index contributed by atoms with van der Waals surface area (Å²) in [4.78, 5) is 0. The summed E-state index contributed by atoms with van der Waals surface area (Å²) >= 11 is 1.61. The molecule has 2 N–H and O–H groups in total. The minimum absolute atomic E-state index is 0.0326. The quantitative estimate of drug-likeness (QED) is 0.786. The Hall–Kier alpha value is -0.930. The molecule has 15 heavy (non-hydrogen) atoms. The van der Waals surface area contributed by atoms with Crippen LogP contribution in [-0.4, -0.2) is 6.04 Å². The molecule has 1 nitrogen and oxygen atoms in total. The summed E-state index contributed by atoms with van der Waals surface area (Å²) in [5.41, 5.74) is 5.33. The van der Waals surface area contributed by atoms with Gasteiger partial charge in [0.1, 0.15) is 5.67 Å². The van der Waals surface area contributed by atoms with Gasteiger partial charge in [0.25, 0.3) is 0 Å². The van der Waals surface area contributed by atoms with Crippen LogP contribution in [0.3, 0.4) is 0 Å². The fourth-order valence-electron chi connectivity index (χ4n) is 2.34. The second-order valence-electron chi connectivity index (χ2n) is 4.28. The lowest BCUT2D eigenvalue weighted by molar-refractivity contribution is 0.0423. The molecule has 0 spiro atoms. The molecule has 0 aliphatic heterocycles. The molecule has 1 saturated carbocycles. The average Bonchev–Trinajstić information content (AvgIpc) is 2.62. The van der Waals surface area contributed by atoms with Crippen molar-refractivity contribution in [2.75, 3.05) is 0 Å². The van der Waals surface area contributed by atoms with E-state index in [4.69, 9.17) is 5.73 Å². The highest BCUT2D eigenvalue weighted by atomic mass is 32.1. The minimum atomic E-state index is -1.18. The van der Waals surface area contributed by atoms with E-state index < -0.39 is 5.67 Å². The summed E-state index contributed by atoms with van der Waals surface area (Å²) in [7, 11) is 0. The molecule has 3 heteroatoms. The van der Waals surface area contributed by atoms with Crippen LogP contribution in [0.25, 0.3) is 10.1 Å². The molecule has 1 aromatic heterocycles. The van der Waals surface area contributed by atoms with Crippen LogP contribution < -0.4 is 5.73 Å². The first kappa shape index (κ1) is 9.31.